The van der Waals surface area contributed by atoms with Gasteiger partial charge in [-0.15, -0.1) is 10.2 Å². The highest BCUT2D eigenvalue weighted by Crippen LogP contribution is 2.06. The Morgan fingerprint density at radius 2 is 1.88 bits per heavy atom. The molecule has 0 spiro atoms. The van der Waals surface area contributed by atoms with E-state index in [2.05, 4.69) is 20.7 Å². The Kier molecular flexibility index (Phi) is 1.63. The van der Waals surface area contributed by atoms with Crippen LogP contribution in [0.15, 0.2) is 20.7 Å². The molecule has 1 aliphatic rings. The Morgan fingerprint density at radius 3 is 2.38 bits per heavy atom. The molecule has 0 aromatic rings. The molecule has 1 aliphatic heterocycles. The van der Waals surface area contributed by atoms with Crippen molar-refractivity contribution in [2.24, 2.45) is 20.7 Å². The van der Waals surface area contributed by atoms with Crippen molar-refractivity contribution in [3.8, 4) is 0 Å². The molecule has 0 radical (unpaired) electrons. The fourth-order valence-corrected chi connectivity index (χ4v) is 0.419. The Labute approximate surface area is 46.1 Å². The van der Waals surface area contributed by atoms with Gasteiger partial charge in [0.05, 0.1) is 0 Å². The third-order valence-corrected chi connectivity index (χ3v) is 0.797. The molecular formula is C3H6N4O. The van der Waals surface area contributed by atoms with Crippen LogP contribution in [0.1, 0.15) is 6.42 Å². The fraction of sp³-hybridized carbons (Fsp3) is 1.00. The molecule has 0 fully saturated rings. The molecule has 5 heteroatoms. The van der Waals surface area contributed by atoms with E-state index in [1.54, 1.807) is 0 Å². The predicted octanol–water partition coefficient (Wildman–Crippen LogP) is 0.528. The summed E-state index contributed by atoms with van der Waals surface area (Å²) in [6, 6.07) is 0. The Morgan fingerprint density at radius 1 is 1.25 bits per heavy atom. The zero-order valence-electron chi connectivity index (χ0n) is 4.23. The normalized spacial score (nSPS) is 18.1. The molecule has 1 heterocycles. The van der Waals surface area contributed by atoms with Gasteiger partial charge in [-0.05, 0) is 10.4 Å². The number of aliphatic hydroxyl groups excluding tert-OH is 1. The highest BCUT2D eigenvalue weighted by molar-refractivity contribution is 4.59. The van der Waals surface area contributed by atoms with Gasteiger partial charge < -0.3 is 5.11 Å². The van der Waals surface area contributed by atoms with E-state index in [4.69, 9.17) is 5.11 Å². The zero-order chi connectivity index (χ0) is 5.82. The third-order valence-electron chi connectivity index (χ3n) is 0.797. The van der Waals surface area contributed by atoms with E-state index in [9.17, 15) is 0 Å². The minimum atomic E-state index is -0.222. The largest absolute Gasteiger partial charge is 0.396 e. The van der Waals surface area contributed by atoms with Crippen LogP contribution in [-0.2, 0) is 0 Å². The molecule has 5 nitrogen and oxygen atoms in total. The molecule has 0 aromatic carbocycles. The summed E-state index contributed by atoms with van der Waals surface area (Å²) in [6.45, 7) is 0.0860. The summed E-state index contributed by atoms with van der Waals surface area (Å²) in [5, 5.41) is 21.9. The van der Waals surface area contributed by atoms with E-state index < -0.39 is 0 Å². The van der Waals surface area contributed by atoms with Gasteiger partial charge in [0.25, 0.3) is 0 Å². The molecular weight excluding hydrogens is 108 g/mol. The van der Waals surface area contributed by atoms with E-state index in [1.807, 2.05) is 0 Å². The minimum Gasteiger partial charge on any atom is -0.396 e. The van der Waals surface area contributed by atoms with Crippen molar-refractivity contribution in [2.45, 2.75) is 12.6 Å². The third kappa shape index (κ3) is 1.06. The summed E-state index contributed by atoms with van der Waals surface area (Å²) in [6.07, 6.45) is 0.299. The van der Waals surface area contributed by atoms with Crippen molar-refractivity contribution < 1.29 is 5.11 Å². The van der Waals surface area contributed by atoms with Crippen molar-refractivity contribution in [3.63, 3.8) is 0 Å². The van der Waals surface area contributed by atoms with Gasteiger partial charge in [-0.3, -0.25) is 0 Å². The maximum atomic E-state index is 8.32. The fourth-order valence-electron chi connectivity index (χ4n) is 0.419. The summed E-state index contributed by atoms with van der Waals surface area (Å²) in [5.74, 6) is 0. The number of hydrogen-bond acceptors (Lipinski definition) is 5. The predicted molar refractivity (Wildman–Crippen MR) is 25.2 cm³/mol. The van der Waals surface area contributed by atoms with Crippen LogP contribution in [0.4, 0.5) is 0 Å². The average Bonchev–Trinajstić information content (AvgIpc) is 2.19. The van der Waals surface area contributed by atoms with Gasteiger partial charge in [-0.25, -0.2) is 0 Å². The summed E-state index contributed by atoms with van der Waals surface area (Å²) in [5.41, 5.74) is 0. The van der Waals surface area contributed by atoms with Crippen LogP contribution < -0.4 is 0 Å². The van der Waals surface area contributed by atoms with Crippen molar-refractivity contribution in [1.29, 1.82) is 0 Å². The second-order valence-electron chi connectivity index (χ2n) is 1.40. The molecule has 44 valence electrons. The second kappa shape index (κ2) is 2.46. The molecule has 0 saturated heterocycles. The zero-order valence-corrected chi connectivity index (χ0v) is 4.23. The van der Waals surface area contributed by atoms with Gasteiger partial charge in [-0.1, -0.05) is 0 Å². The monoisotopic (exact) mass is 114 g/mol. The Balaban J connectivity index is 2.27. The quantitative estimate of drug-likeness (QED) is 0.558. The van der Waals surface area contributed by atoms with Crippen LogP contribution in [0.5, 0.6) is 0 Å². The van der Waals surface area contributed by atoms with Gasteiger partial charge in [0, 0.05) is 13.0 Å². The maximum Gasteiger partial charge on any atom is 0.187 e. The molecule has 0 bridgehead atoms. The first-order valence-electron chi connectivity index (χ1n) is 2.34. The summed E-state index contributed by atoms with van der Waals surface area (Å²) in [4.78, 5) is 0. The molecule has 0 unspecified atom stereocenters. The second-order valence-corrected chi connectivity index (χ2v) is 1.40. The van der Waals surface area contributed by atoms with Crippen molar-refractivity contribution in [3.05, 3.63) is 0 Å². The molecule has 0 aromatic heterocycles. The molecule has 0 aliphatic carbocycles. The topological polar surface area (TPSA) is 69.7 Å². The Hall–Kier alpha value is -0.840. The first-order chi connectivity index (χ1) is 3.93. The number of aliphatic hydroxyl groups is 1. The van der Waals surface area contributed by atoms with Crippen LogP contribution >= 0.6 is 0 Å². The van der Waals surface area contributed by atoms with E-state index in [1.165, 1.54) is 0 Å². The van der Waals surface area contributed by atoms with Gasteiger partial charge >= 0.3 is 0 Å². The minimum absolute atomic E-state index is 0.0860. The molecule has 0 saturated carbocycles. The molecule has 0 atom stereocenters. The summed E-state index contributed by atoms with van der Waals surface area (Å²) >= 11 is 0. The molecule has 0 amide bonds. The van der Waals surface area contributed by atoms with E-state index in [0.29, 0.717) is 6.42 Å². The smallest absolute Gasteiger partial charge is 0.187 e. The van der Waals surface area contributed by atoms with Crippen LogP contribution in [0.3, 0.4) is 0 Å². The number of rotatable bonds is 2. The summed E-state index contributed by atoms with van der Waals surface area (Å²) < 4.78 is 0. The van der Waals surface area contributed by atoms with E-state index in [-0.39, 0.29) is 12.8 Å². The van der Waals surface area contributed by atoms with Gasteiger partial charge in [0.15, 0.2) is 6.17 Å². The number of hydrogen-bond donors (Lipinski definition) is 1. The van der Waals surface area contributed by atoms with Crippen molar-refractivity contribution in [2.75, 3.05) is 6.61 Å². The highest BCUT2D eigenvalue weighted by atomic mass is 16.3. The standard InChI is InChI=1S/C3H6N4O/c8-2-1-3-4-6-7-5-3/h3,8H,1-2H2. The highest BCUT2D eigenvalue weighted by Gasteiger charge is 2.06. The Bertz CT molecular complexity index is 108. The maximum absolute atomic E-state index is 8.32. The van der Waals surface area contributed by atoms with Crippen molar-refractivity contribution in [1.82, 2.24) is 0 Å². The van der Waals surface area contributed by atoms with Crippen LogP contribution in [0.2, 0.25) is 0 Å². The average molecular weight is 114 g/mol. The van der Waals surface area contributed by atoms with Gasteiger partial charge in [0.1, 0.15) is 0 Å². The van der Waals surface area contributed by atoms with Crippen molar-refractivity contribution >= 4 is 0 Å². The number of nitrogens with zero attached hydrogens (tertiary/aromatic N) is 4. The van der Waals surface area contributed by atoms with E-state index >= 15 is 0 Å². The lowest BCUT2D eigenvalue weighted by atomic mass is 10.4. The first kappa shape index (κ1) is 5.30. The van der Waals surface area contributed by atoms with Crippen LogP contribution in [-0.4, -0.2) is 17.9 Å². The summed E-state index contributed by atoms with van der Waals surface area (Å²) in [7, 11) is 0. The lowest BCUT2D eigenvalue weighted by Crippen LogP contribution is -1.98. The lowest BCUT2D eigenvalue weighted by Gasteiger charge is -1.91. The lowest BCUT2D eigenvalue weighted by molar-refractivity contribution is 0.277. The first-order valence-corrected chi connectivity index (χ1v) is 2.34. The molecule has 8 heavy (non-hydrogen) atoms. The molecule has 1 N–H and O–H groups in total. The van der Waals surface area contributed by atoms with Crippen LogP contribution in [0.25, 0.3) is 0 Å². The van der Waals surface area contributed by atoms with Crippen LogP contribution in [0, 0.1) is 0 Å². The molecule has 1 rings (SSSR count). The SMILES string of the molecule is OCCC1N=NN=N1. The van der Waals surface area contributed by atoms with Gasteiger partial charge in [-0.2, -0.15) is 0 Å². The van der Waals surface area contributed by atoms with Gasteiger partial charge in [0.2, 0.25) is 0 Å². The van der Waals surface area contributed by atoms with E-state index in [0.717, 1.165) is 0 Å².